The zero-order valence-corrected chi connectivity index (χ0v) is 13.7. The minimum absolute atomic E-state index is 0.296. The Hall–Kier alpha value is -2.88. The molecule has 0 aromatic heterocycles. The van der Waals surface area contributed by atoms with Gasteiger partial charge in [0.15, 0.2) is 17.9 Å². The number of benzene rings is 3. The third-order valence-corrected chi connectivity index (χ3v) is 4.58. The van der Waals surface area contributed by atoms with E-state index in [9.17, 15) is 8.78 Å². The van der Waals surface area contributed by atoms with Crippen LogP contribution in [0.1, 0.15) is 5.56 Å². The molecule has 1 atom stereocenters. The fourth-order valence-electron chi connectivity index (χ4n) is 3.21. The van der Waals surface area contributed by atoms with E-state index in [4.69, 9.17) is 4.74 Å². The molecule has 3 aromatic carbocycles. The molecule has 0 saturated carbocycles. The summed E-state index contributed by atoms with van der Waals surface area (Å²) in [5.41, 5.74) is 2.65. The van der Waals surface area contributed by atoms with Crippen LogP contribution in [0.15, 0.2) is 66.7 Å². The summed E-state index contributed by atoms with van der Waals surface area (Å²) in [7, 11) is 1.89. The third kappa shape index (κ3) is 2.74. The van der Waals surface area contributed by atoms with E-state index in [2.05, 4.69) is 0 Å². The summed E-state index contributed by atoms with van der Waals surface area (Å²) in [6, 6.07) is 20.3. The smallest absolute Gasteiger partial charge is 0.176 e. The van der Waals surface area contributed by atoms with Crippen LogP contribution in [0.4, 0.5) is 14.5 Å². The number of likely N-dealkylation sites (N-methyl/N-ethyl adjacent to an activating group) is 1. The maximum absolute atomic E-state index is 14.4. The molecule has 1 aliphatic heterocycles. The molecule has 0 aliphatic carbocycles. The molecule has 126 valence electrons. The molecule has 4 heteroatoms. The van der Waals surface area contributed by atoms with Gasteiger partial charge in [-0.25, -0.2) is 8.78 Å². The second-order valence-electron chi connectivity index (χ2n) is 6.12. The van der Waals surface area contributed by atoms with Crippen LogP contribution < -0.4 is 9.64 Å². The SMILES string of the molecule is CN(c1ccccc1)C1Cc2c(F)c(F)cc(-c3ccccc3)c2O1. The Bertz CT molecular complexity index is 897. The van der Waals surface area contributed by atoms with Gasteiger partial charge in [0.1, 0.15) is 5.75 Å². The van der Waals surface area contributed by atoms with E-state index >= 15 is 0 Å². The Morgan fingerprint density at radius 3 is 2.28 bits per heavy atom. The molecule has 0 spiro atoms. The zero-order valence-electron chi connectivity index (χ0n) is 13.7. The highest BCUT2D eigenvalue weighted by Crippen LogP contribution is 2.42. The Morgan fingerprint density at radius 2 is 1.60 bits per heavy atom. The lowest BCUT2D eigenvalue weighted by atomic mass is 10.00. The van der Waals surface area contributed by atoms with Crippen molar-refractivity contribution in [3.63, 3.8) is 0 Å². The molecule has 0 fully saturated rings. The molecule has 3 aromatic rings. The quantitative estimate of drug-likeness (QED) is 0.665. The fourth-order valence-corrected chi connectivity index (χ4v) is 3.21. The van der Waals surface area contributed by atoms with E-state index in [1.807, 2.05) is 72.6 Å². The Morgan fingerprint density at radius 1 is 0.960 bits per heavy atom. The number of anilines is 1. The zero-order chi connectivity index (χ0) is 17.4. The number of halogens is 2. The second-order valence-corrected chi connectivity index (χ2v) is 6.12. The van der Waals surface area contributed by atoms with Crippen LogP contribution in [-0.2, 0) is 6.42 Å². The molecule has 2 nitrogen and oxygen atoms in total. The van der Waals surface area contributed by atoms with Crippen LogP contribution in [0.25, 0.3) is 11.1 Å². The molecule has 1 unspecified atom stereocenters. The van der Waals surface area contributed by atoms with Gasteiger partial charge in [0.25, 0.3) is 0 Å². The largest absolute Gasteiger partial charge is 0.469 e. The maximum Gasteiger partial charge on any atom is 0.176 e. The van der Waals surface area contributed by atoms with Gasteiger partial charge >= 0.3 is 0 Å². The first-order valence-corrected chi connectivity index (χ1v) is 8.16. The van der Waals surface area contributed by atoms with Crippen molar-refractivity contribution >= 4 is 5.69 Å². The Balaban J connectivity index is 1.74. The highest BCUT2D eigenvalue weighted by molar-refractivity contribution is 5.73. The minimum Gasteiger partial charge on any atom is -0.469 e. The minimum atomic E-state index is -0.843. The van der Waals surface area contributed by atoms with Gasteiger partial charge in [0, 0.05) is 30.3 Å². The highest BCUT2D eigenvalue weighted by atomic mass is 19.2. The molecule has 1 heterocycles. The normalized spacial score (nSPS) is 15.6. The van der Waals surface area contributed by atoms with Crippen LogP contribution in [0.2, 0.25) is 0 Å². The number of nitrogens with zero attached hydrogens (tertiary/aromatic N) is 1. The first-order chi connectivity index (χ1) is 12.1. The summed E-state index contributed by atoms with van der Waals surface area (Å²) in [6.07, 6.45) is -0.0828. The third-order valence-electron chi connectivity index (χ3n) is 4.58. The molecule has 0 bridgehead atoms. The van der Waals surface area contributed by atoms with Crippen molar-refractivity contribution in [3.8, 4) is 16.9 Å². The molecule has 0 saturated heterocycles. The van der Waals surface area contributed by atoms with Crippen LogP contribution >= 0.6 is 0 Å². The summed E-state index contributed by atoms with van der Waals surface area (Å²) in [6.45, 7) is 0. The topological polar surface area (TPSA) is 12.5 Å². The summed E-state index contributed by atoms with van der Waals surface area (Å²) in [4.78, 5) is 1.94. The first-order valence-electron chi connectivity index (χ1n) is 8.16. The van der Waals surface area contributed by atoms with Gasteiger partial charge in [-0.15, -0.1) is 0 Å². The number of para-hydroxylation sites is 1. The van der Waals surface area contributed by atoms with Gasteiger partial charge in [-0.1, -0.05) is 48.5 Å². The molecule has 0 radical (unpaired) electrons. The predicted molar refractivity (Wildman–Crippen MR) is 94.8 cm³/mol. The van der Waals surface area contributed by atoms with E-state index in [-0.39, 0.29) is 6.23 Å². The van der Waals surface area contributed by atoms with Gasteiger partial charge in [0.2, 0.25) is 0 Å². The van der Waals surface area contributed by atoms with E-state index in [1.54, 1.807) is 0 Å². The maximum atomic E-state index is 14.4. The van der Waals surface area contributed by atoms with Gasteiger partial charge in [0.05, 0.1) is 0 Å². The number of rotatable bonds is 3. The number of ether oxygens (including phenoxy) is 1. The van der Waals surface area contributed by atoms with E-state index in [0.717, 1.165) is 11.3 Å². The van der Waals surface area contributed by atoms with Crippen molar-refractivity contribution in [1.29, 1.82) is 0 Å². The molecule has 4 rings (SSSR count). The lowest BCUT2D eigenvalue weighted by Gasteiger charge is -2.26. The summed E-state index contributed by atoms with van der Waals surface area (Å²) >= 11 is 0. The predicted octanol–water partition coefficient (Wildman–Crippen LogP) is 5.03. The van der Waals surface area contributed by atoms with E-state index < -0.39 is 11.6 Å². The monoisotopic (exact) mass is 337 g/mol. The lowest BCUT2D eigenvalue weighted by molar-refractivity contribution is 0.233. The van der Waals surface area contributed by atoms with Gasteiger partial charge in [-0.2, -0.15) is 0 Å². The van der Waals surface area contributed by atoms with Crippen LogP contribution in [-0.4, -0.2) is 13.3 Å². The lowest BCUT2D eigenvalue weighted by Crippen LogP contribution is -2.35. The van der Waals surface area contributed by atoms with E-state index in [0.29, 0.717) is 23.3 Å². The van der Waals surface area contributed by atoms with Gasteiger partial charge in [-0.3, -0.25) is 0 Å². The summed E-state index contributed by atoms with van der Waals surface area (Å²) < 4.78 is 34.6. The van der Waals surface area contributed by atoms with Crippen LogP contribution in [0, 0.1) is 11.6 Å². The Kier molecular flexibility index (Phi) is 3.88. The van der Waals surface area contributed by atoms with Crippen molar-refractivity contribution in [2.24, 2.45) is 0 Å². The molecular weight excluding hydrogens is 320 g/mol. The first kappa shape index (κ1) is 15.6. The summed E-state index contributed by atoms with van der Waals surface area (Å²) in [5.74, 6) is -1.24. The molecule has 25 heavy (non-hydrogen) atoms. The molecule has 0 N–H and O–H groups in total. The van der Waals surface area contributed by atoms with Gasteiger partial charge < -0.3 is 9.64 Å². The number of hydrogen-bond acceptors (Lipinski definition) is 2. The standard InChI is InChI=1S/C21H17F2NO/c1-24(15-10-6-3-7-11-15)19-13-17-20(23)18(22)12-16(21(17)25-19)14-8-4-2-5-9-14/h2-12,19H,13H2,1H3. The number of hydrogen-bond donors (Lipinski definition) is 0. The van der Waals surface area contributed by atoms with Crippen molar-refractivity contribution < 1.29 is 13.5 Å². The second kappa shape index (κ2) is 6.20. The van der Waals surface area contributed by atoms with Crippen molar-refractivity contribution in [2.45, 2.75) is 12.6 Å². The van der Waals surface area contributed by atoms with Crippen molar-refractivity contribution in [2.75, 3.05) is 11.9 Å². The molecular formula is C21H17F2NO. The van der Waals surface area contributed by atoms with Crippen LogP contribution in [0.3, 0.4) is 0 Å². The van der Waals surface area contributed by atoms with Crippen molar-refractivity contribution in [3.05, 3.63) is 83.9 Å². The van der Waals surface area contributed by atoms with Crippen LogP contribution in [0.5, 0.6) is 5.75 Å². The molecule has 0 amide bonds. The van der Waals surface area contributed by atoms with Gasteiger partial charge in [-0.05, 0) is 23.8 Å². The van der Waals surface area contributed by atoms with Crippen molar-refractivity contribution in [1.82, 2.24) is 0 Å². The summed E-state index contributed by atoms with van der Waals surface area (Å²) in [5, 5.41) is 0. The fraction of sp³-hybridized carbons (Fsp3) is 0.143. The Labute approximate surface area is 145 Å². The highest BCUT2D eigenvalue weighted by Gasteiger charge is 2.33. The molecule has 1 aliphatic rings. The van der Waals surface area contributed by atoms with E-state index in [1.165, 1.54) is 6.07 Å². The number of fused-ring (bicyclic) bond motifs is 1. The average Bonchev–Trinajstić information content (AvgIpc) is 3.11. The average molecular weight is 337 g/mol.